The molecule has 0 aliphatic carbocycles. The predicted molar refractivity (Wildman–Crippen MR) is 60.6 cm³/mol. The zero-order chi connectivity index (χ0) is 13.1. The Morgan fingerprint density at radius 1 is 1.33 bits per heavy atom. The van der Waals surface area contributed by atoms with Crippen molar-refractivity contribution in [2.45, 2.75) is 0 Å². The molecule has 0 unspecified atom stereocenters. The van der Waals surface area contributed by atoms with Gasteiger partial charge in [-0.05, 0) is 6.07 Å². The van der Waals surface area contributed by atoms with E-state index in [2.05, 4.69) is 20.5 Å². The van der Waals surface area contributed by atoms with Gasteiger partial charge >= 0.3 is 5.97 Å². The highest BCUT2D eigenvalue weighted by molar-refractivity contribution is 6.04. The Morgan fingerprint density at radius 3 is 2.72 bits per heavy atom. The SMILES string of the molecule is O=C(Nc1cc(C(=O)O)[nH]n1)c1cc[nH]c(=O)c1. The number of aromatic carboxylic acids is 1. The molecular formula is C10H8N4O4. The molecule has 8 nitrogen and oxygen atoms in total. The molecule has 4 N–H and O–H groups in total. The van der Waals surface area contributed by atoms with Gasteiger partial charge < -0.3 is 15.4 Å². The maximum absolute atomic E-state index is 11.7. The first-order valence-corrected chi connectivity index (χ1v) is 4.85. The van der Waals surface area contributed by atoms with Gasteiger partial charge in [-0.2, -0.15) is 5.10 Å². The lowest BCUT2D eigenvalue weighted by Gasteiger charge is -2.00. The largest absolute Gasteiger partial charge is 0.477 e. The minimum absolute atomic E-state index is 0.0673. The average molecular weight is 248 g/mol. The Hall–Kier alpha value is -2.90. The van der Waals surface area contributed by atoms with Crippen LogP contribution in [-0.2, 0) is 0 Å². The van der Waals surface area contributed by atoms with Crippen LogP contribution < -0.4 is 10.9 Å². The molecule has 2 rings (SSSR count). The summed E-state index contributed by atoms with van der Waals surface area (Å²) in [5.41, 5.74) is -0.397. The van der Waals surface area contributed by atoms with E-state index in [1.165, 1.54) is 18.3 Å². The van der Waals surface area contributed by atoms with E-state index in [0.29, 0.717) is 0 Å². The van der Waals surface area contributed by atoms with Crippen molar-refractivity contribution in [2.75, 3.05) is 5.32 Å². The summed E-state index contributed by atoms with van der Waals surface area (Å²) < 4.78 is 0. The lowest BCUT2D eigenvalue weighted by atomic mass is 10.2. The van der Waals surface area contributed by atoms with E-state index < -0.39 is 17.4 Å². The van der Waals surface area contributed by atoms with Crippen LogP contribution in [0.15, 0.2) is 29.2 Å². The van der Waals surface area contributed by atoms with Crippen molar-refractivity contribution in [3.8, 4) is 0 Å². The Labute approximate surface area is 99.7 Å². The normalized spacial score (nSPS) is 10.0. The minimum atomic E-state index is -1.18. The molecule has 0 atom stereocenters. The molecule has 0 bridgehead atoms. The summed E-state index contributed by atoms with van der Waals surface area (Å²) in [6, 6.07) is 3.72. The van der Waals surface area contributed by atoms with Gasteiger partial charge in [0.1, 0.15) is 5.69 Å². The zero-order valence-corrected chi connectivity index (χ0v) is 8.93. The quantitative estimate of drug-likeness (QED) is 0.610. The van der Waals surface area contributed by atoms with Crippen LogP contribution in [0.2, 0.25) is 0 Å². The second kappa shape index (κ2) is 4.53. The van der Waals surface area contributed by atoms with Gasteiger partial charge in [0.2, 0.25) is 5.56 Å². The highest BCUT2D eigenvalue weighted by Crippen LogP contribution is 2.07. The molecule has 0 aromatic carbocycles. The second-order valence-corrected chi connectivity index (χ2v) is 3.37. The third-order valence-electron chi connectivity index (χ3n) is 2.09. The molecule has 92 valence electrons. The van der Waals surface area contributed by atoms with Gasteiger partial charge in [-0.25, -0.2) is 4.79 Å². The molecule has 0 aliphatic heterocycles. The van der Waals surface area contributed by atoms with Gasteiger partial charge in [-0.1, -0.05) is 0 Å². The second-order valence-electron chi connectivity index (χ2n) is 3.37. The number of amides is 1. The van der Waals surface area contributed by atoms with Crippen LogP contribution in [0.25, 0.3) is 0 Å². The molecule has 0 aliphatic rings. The van der Waals surface area contributed by atoms with Crippen molar-refractivity contribution in [1.29, 1.82) is 0 Å². The molecule has 2 heterocycles. The van der Waals surface area contributed by atoms with Gasteiger partial charge in [0.05, 0.1) is 0 Å². The summed E-state index contributed by atoms with van der Waals surface area (Å²) in [6.07, 6.45) is 1.34. The van der Waals surface area contributed by atoms with Crippen molar-refractivity contribution in [3.63, 3.8) is 0 Å². The third kappa shape index (κ3) is 2.43. The molecule has 8 heteroatoms. The number of carboxylic acids is 1. The lowest BCUT2D eigenvalue weighted by molar-refractivity contribution is 0.0690. The summed E-state index contributed by atoms with van der Waals surface area (Å²) in [4.78, 5) is 35.6. The number of aromatic amines is 2. The Morgan fingerprint density at radius 2 is 2.11 bits per heavy atom. The molecule has 0 saturated heterocycles. The third-order valence-corrected chi connectivity index (χ3v) is 2.09. The van der Waals surface area contributed by atoms with Gasteiger partial charge in [0, 0.05) is 23.9 Å². The first kappa shape index (κ1) is 11.6. The number of hydrogen-bond donors (Lipinski definition) is 4. The number of carbonyl (C=O) groups excluding carboxylic acids is 1. The number of carbonyl (C=O) groups is 2. The van der Waals surface area contributed by atoms with Crippen molar-refractivity contribution in [2.24, 2.45) is 0 Å². The van der Waals surface area contributed by atoms with Gasteiger partial charge in [-0.3, -0.25) is 14.7 Å². The Kier molecular flexibility index (Phi) is 2.92. The molecule has 0 radical (unpaired) electrons. The predicted octanol–water partition coefficient (Wildman–Crippen LogP) is 0.0485. The van der Waals surface area contributed by atoms with Crippen LogP contribution in [0.5, 0.6) is 0 Å². The fourth-order valence-corrected chi connectivity index (χ4v) is 1.27. The highest BCUT2D eigenvalue weighted by atomic mass is 16.4. The molecule has 1 amide bonds. The molecule has 2 aromatic rings. The van der Waals surface area contributed by atoms with E-state index in [9.17, 15) is 14.4 Å². The average Bonchev–Trinajstić information content (AvgIpc) is 2.77. The van der Waals surface area contributed by atoms with E-state index in [-0.39, 0.29) is 17.1 Å². The smallest absolute Gasteiger partial charge is 0.353 e. The summed E-state index contributed by atoms with van der Waals surface area (Å²) in [5.74, 6) is -1.67. The first-order valence-electron chi connectivity index (χ1n) is 4.85. The highest BCUT2D eigenvalue weighted by Gasteiger charge is 2.11. The van der Waals surface area contributed by atoms with Crippen LogP contribution in [-0.4, -0.2) is 32.2 Å². The number of hydrogen-bond acceptors (Lipinski definition) is 4. The Bertz CT molecular complexity index is 658. The van der Waals surface area contributed by atoms with Crippen molar-refractivity contribution < 1.29 is 14.7 Å². The van der Waals surface area contributed by atoms with E-state index in [1.54, 1.807) is 0 Å². The van der Waals surface area contributed by atoms with Crippen LogP contribution in [0.3, 0.4) is 0 Å². The number of nitrogens with one attached hydrogen (secondary N) is 3. The number of carboxylic acid groups (broad SMARTS) is 1. The first-order chi connectivity index (χ1) is 8.56. The van der Waals surface area contributed by atoms with E-state index in [1.807, 2.05) is 0 Å². The maximum Gasteiger partial charge on any atom is 0.353 e. The van der Waals surface area contributed by atoms with E-state index >= 15 is 0 Å². The fourth-order valence-electron chi connectivity index (χ4n) is 1.27. The van der Waals surface area contributed by atoms with E-state index in [4.69, 9.17) is 5.11 Å². The van der Waals surface area contributed by atoms with Gasteiger partial charge in [0.25, 0.3) is 5.91 Å². The molecular weight excluding hydrogens is 240 g/mol. The molecule has 2 aromatic heterocycles. The number of pyridine rings is 1. The standard InChI is InChI=1S/C10H8N4O4/c15-8-3-5(1-2-11-8)9(16)12-7-4-6(10(17)18)13-14-7/h1-4H,(H,11,15)(H,17,18)(H2,12,13,14,16). The van der Waals surface area contributed by atoms with Gasteiger partial charge in [0.15, 0.2) is 5.82 Å². The molecule has 0 spiro atoms. The monoisotopic (exact) mass is 248 g/mol. The van der Waals surface area contributed by atoms with Gasteiger partial charge in [-0.15, -0.1) is 0 Å². The van der Waals surface area contributed by atoms with Crippen LogP contribution in [0, 0.1) is 0 Å². The van der Waals surface area contributed by atoms with E-state index in [0.717, 1.165) is 6.07 Å². The summed E-state index contributed by atoms with van der Waals surface area (Å²) in [6.45, 7) is 0. The fraction of sp³-hybridized carbons (Fsp3) is 0. The van der Waals surface area contributed by atoms with Crippen molar-refractivity contribution in [1.82, 2.24) is 15.2 Å². The van der Waals surface area contributed by atoms with Crippen LogP contribution in [0.4, 0.5) is 5.82 Å². The summed E-state index contributed by atoms with van der Waals surface area (Å²) >= 11 is 0. The number of H-pyrrole nitrogens is 2. The van der Waals surface area contributed by atoms with Crippen LogP contribution in [0.1, 0.15) is 20.8 Å². The lowest BCUT2D eigenvalue weighted by Crippen LogP contribution is -2.15. The summed E-state index contributed by atoms with van der Waals surface area (Å²) in [5, 5.41) is 16.9. The number of aromatic nitrogens is 3. The summed E-state index contributed by atoms with van der Waals surface area (Å²) in [7, 11) is 0. The molecule has 0 fully saturated rings. The topological polar surface area (TPSA) is 128 Å². The molecule has 18 heavy (non-hydrogen) atoms. The Balaban J connectivity index is 2.16. The number of nitrogens with zero attached hydrogens (tertiary/aromatic N) is 1. The maximum atomic E-state index is 11.7. The number of rotatable bonds is 3. The minimum Gasteiger partial charge on any atom is -0.477 e. The van der Waals surface area contributed by atoms with Crippen LogP contribution >= 0.6 is 0 Å². The molecule has 0 saturated carbocycles. The van der Waals surface area contributed by atoms with Crippen molar-refractivity contribution >= 4 is 17.7 Å². The zero-order valence-electron chi connectivity index (χ0n) is 8.93. The van der Waals surface area contributed by atoms with Crippen molar-refractivity contribution in [3.05, 3.63) is 46.0 Å². The number of anilines is 1.